The van der Waals surface area contributed by atoms with E-state index in [-0.39, 0.29) is 5.91 Å². The quantitative estimate of drug-likeness (QED) is 0.286. The van der Waals surface area contributed by atoms with Crippen molar-refractivity contribution < 1.29 is 19.0 Å². The lowest BCUT2D eigenvalue weighted by Crippen LogP contribution is -2.41. The molecule has 2 aliphatic rings. The van der Waals surface area contributed by atoms with Gasteiger partial charge in [-0.3, -0.25) is 9.69 Å². The monoisotopic (exact) mass is 584 g/mol. The summed E-state index contributed by atoms with van der Waals surface area (Å²) in [5, 5.41) is 3.45. The minimum absolute atomic E-state index is 0.355. The van der Waals surface area contributed by atoms with Crippen LogP contribution >= 0.6 is 0 Å². The number of nitrogens with two attached hydrogens (primary N) is 1. The number of carbonyl (C=O) groups excluding carboxylic acids is 1. The molecule has 43 heavy (non-hydrogen) atoms. The highest BCUT2D eigenvalue weighted by Gasteiger charge is 2.33. The minimum atomic E-state index is -0.414. The number of benzene rings is 2. The molecular weight excluding hydrogens is 548 g/mol. The van der Waals surface area contributed by atoms with E-state index in [1.54, 1.807) is 27.7 Å². The summed E-state index contributed by atoms with van der Waals surface area (Å²) in [5.74, 6) is 3.04. The average molecular weight is 585 g/mol. The Labute approximate surface area is 250 Å². The first-order valence-electron chi connectivity index (χ1n) is 14.3. The van der Waals surface area contributed by atoms with Gasteiger partial charge in [0.15, 0.2) is 11.5 Å². The van der Waals surface area contributed by atoms with E-state index >= 15 is 0 Å². The molecule has 224 valence electrons. The second kappa shape index (κ2) is 12.2. The highest BCUT2D eigenvalue weighted by atomic mass is 16.5. The summed E-state index contributed by atoms with van der Waals surface area (Å²) >= 11 is 0. The fourth-order valence-corrected chi connectivity index (χ4v) is 5.83. The van der Waals surface area contributed by atoms with E-state index in [1.165, 1.54) is 5.56 Å². The number of nitrogens with one attached hydrogen (secondary N) is 1. The van der Waals surface area contributed by atoms with Crippen molar-refractivity contribution in [3.8, 4) is 22.9 Å². The van der Waals surface area contributed by atoms with E-state index in [9.17, 15) is 4.79 Å². The zero-order valence-electron chi connectivity index (χ0n) is 24.6. The van der Waals surface area contributed by atoms with Gasteiger partial charge in [-0.05, 0) is 18.4 Å². The average Bonchev–Trinajstić information content (AvgIpc) is 3.71. The van der Waals surface area contributed by atoms with Crippen LogP contribution in [0.4, 0.5) is 17.6 Å². The standard InChI is InChI=1S/C31H36N8O4/c1-41-25-14-21(15-26(42-2)28(25)43-3)38-18-27(33-19-38)35-30-22-17-37(16-20-8-5-4-6-9-20)13-11-23(22)34-31(36-30)39-12-7-10-24(39)29(32)40/h4-6,8-9,14-15,18-19,24H,7,10-13,16-17H2,1-3H3,(H2,32,40)(H,34,35,36). The van der Waals surface area contributed by atoms with Crippen molar-refractivity contribution in [3.63, 3.8) is 0 Å². The summed E-state index contributed by atoms with van der Waals surface area (Å²) in [7, 11) is 4.74. The number of fused-ring (bicyclic) bond motifs is 1. The molecule has 0 radical (unpaired) electrons. The molecule has 1 atom stereocenters. The Kier molecular flexibility index (Phi) is 8.01. The molecule has 1 unspecified atom stereocenters. The summed E-state index contributed by atoms with van der Waals surface area (Å²) in [5.41, 5.74) is 9.76. The molecule has 2 aliphatic heterocycles. The van der Waals surface area contributed by atoms with Crippen molar-refractivity contribution in [1.82, 2.24) is 24.4 Å². The van der Waals surface area contributed by atoms with Crippen LogP contribution in [-0.2, 0) is 24.3 Å². The van der Waals surface area contributed by atoms with Crippen molar-refractivity contribution in [2.24, 2.45) is 5.73 Å². The first-order chi connectivity index (χ1) is 21.0. The van der Waals surface area contributed by atoms with Crippen LogP contribution in [0.15, 0.2) is 55.0 Å². The summed E-state index contributed by atoms with van der Waals surface area (Å²) in [4.78, 5) is 31.1. The molecule has 0 saturated carbocycles. The predicted octanol–water partition coefficient (Wildman–Crippen LogP) is 3.44. The van der Waals surface area contributed by atoms with Gasteiger partial charge in [-0.1, -0.05) is 30.3 Å². The number of hydrogen-bond acceptors (Lipinski definition) is 10. The predicted molar refractivity (Wildman–Crippen MR) is 162 cm³/mol. The largest absolute Gasteiger partial charge is 0.493 e. The Morgan fingerprint density at radius 2 is 1.81 bits per heavy atom. The zero-order valence-corrected chi connectivity index (χ0v) is 24.6. The van der Waals surface area contributed by atoms with E-state index in [0.29, 0.717) is 54.3 Å². The summed E-state index contributed by atoms with van der Waals surface area (Å²) in [6.07, 6.45) is 5.91. The van der Waals surface area contributed by atoms with Crippen molar-refractivity contribution in [3.05, 3.63) is 71.8 Å². The molecule has 1 amide bonds. The molecule has 0 aliphatic carbocycles. The fourth-order valence-electron chi connectivity index (χ4n) is 5.83. The van der Waals surface area contributed by atoms with Crippen LogP contribution in [0.2, 0.25) is 0 Å². The zero-order chi connectivity index (χ0) is 29.9. The molecule has 4 heterocycles. The van der Waals surface area contributed by atoms with Crippen molar-refractivity contribution in [1.29, 1.82) is 0 Å². The summed E-state index contributed by atoms with van der Waals surface area (Å²) < 4.78 is 18.4. The van der Waals surface area contributed by atoms with Crippen LogP contribution in [0.5, 0.6) is 17.2 Å². The fraction of sp³-hybridized carbons (Fsp3) is 0.355. The van der Waals surface area contributed by atoms with Crippen molar-refractivity contribution >= 4 is 23.5 Å². The van der Waals surface area contributed by atoms with Gasteiger partial charge in [0.25, 0.3) is 0 Å². The molecule has 0 spiro atoms. The highest BCUT2D eigenvalue weighted by Crippen LogP contribution is 2.39. The Hall–Kier alpha value is -4.84. The van der Waals surface area contributed by atoms with Crippen molar-refractivity contribution in [2.75, 3.05) is 44.6 Å². The molecule has 0 bridgehead atoms. The topological polar surface area (TPSA) is 133 Å². The molecule has 6 rings (SSSR count). The summed E-state index contributed by atoms with van der Waals surface area (Å²) in [6.45, 7) is 3.06. The van der Waals surface area contributed by atoms with Crippen LogP contribution in [0.25, 0.3) is 5.69 Å². The van der Waals surface area contributed by atoms with E-state index < -0.39 is 6.04 Å². The molecule has 1 fully saturated rings. The SMILES string of the molecule is COc1cc(-n2cnc(Nc3nc(N4CCCC4C(N)=O)nc4c3CN(Cc3ccccc3)CC4)c2)cc(OC)c1OC. The van der Waals surface area contributed by atoms with Crippen LogP contribution in [0.3, 0.4) is 0 Å². The Morgan fingerprint density at radius 1 is 1.05 bits per heavy atom. The second-order valence-corrected chi connectivity index (χ2v) is 10.7. The first-order valence-corrected chi connectivity index (χ1v) is 14.3. The third-order valence-electron chi connectivity index (χ3n) is 7.99. The minimum Gasteiger partial charge on any atom is -0.493 e. The Bertz CT molecular complexity index is 1580. The molecular formula is C31H36N8O4. The molecule has 12 heteroatoms. The lowest BCUT2D eigenvalue weighted by molar-refractivity contribution is -0.119. The van der Waals surface area contributed by atoms with Crippen LogP contribution in [-0.4, -0.2) is 70.8 Å². The summed E-state index contributed by atoms with van der Waals surface area (Å²) in [6, 6.07) is 13.7. The number of anilines is 3. The number of hydrogen-bond donors (Lipinski definition) is 2. The van der Waals surface area contributed by atoms with Gasteiger partial charge in [0.2, 0.25) is 17.6 Å². The normalized spacial score (nSPS) is 16.5. The van der Waals surface area contributed by atoms with Gasteiger partial charge < -0.3 is 34.7 Å². The number of methoxy groups -OCH3 is 3. The third-order valence-corrected chi connectivity index (χ3v) is 7.99. The van der Waals surface area contributed by atoms with Gasteiger partial charge in [0.05, 0.1) is 38.9 Å². The molecule has 1 saturated heterocycles. The molecule has 12 nitrogen and oxygen atoms in total. The van der Waals surface area contributed by atoms with Gasteiger partial charge in [-0.2, -0.15) is 4.98 Å². The van der Waals surface area contributed by atoms with Crippen LogP contribution in [0.1, 0.15) is 29.7 Å². The molecule has 3 N–H and O–H groups in total. The third kappa shape index (κ3) is 5.78. The maximum Gasteiger partial charge on any atom is 0.240 e. The molecule has 2 aromatic carbocycles. The smallest absolute Gasteiger partial charge is 0.240 e. The van der Waals surface area contributed by atoms with E-state index in [4.69, 9.17) is 29.9 Å². The van der Waals surface area contributed by atoms with Crippen molar-refractivity contribution in [2.45, 2.75) is 38.4 Å². The molecule has 2 aromatic heterocycles. The van der Waals surface area contributed by atoms with E-state index in [0.717, 1.165) is 42.9 Å². The van der Waals surface area contributed by atoms with E-state index in [1.807, 2.05) is 33.9 Å². The highest BCUT2D eigenvalue weighted by molar-refractivity contribution is 5.83. The van der Waals surface area contributed by atoms with Gasteiger partial charge in [0.1, 0.15) is 24.0 Å². The lowest BCUT2D eigenvalue weighted by Gasteiger charge is -2.31. The maximum absolute atomic E-state index is 12.2. The van der Waals surface area contributed by atoms with E-state index in [2.05, 4.69) is 39.5 Å². The molecule has 4 aromatic rings. The number of ether oxygens (including phenoxy) is 3. The lowest BCUT2D eigenvalue weighted by atomic mass is 10.0. The maximum atomic E-state index is 12.2. The van der Waals surface area contributed by atoms with Crippen LogP contribution in [0, 0.1) is 0 Å². The number of amides is 1. The number of rotatable bonds is 10. The van der Waals surface area contributed by atoms with Gasteiger partial charge >= 0.3 is 0 Å². The first kappa shape index (κ1) is 28.3. The Balaban J connectivity index is 1.33. The number of carbonyl (C=O) groups is 1. The Morgan fingerprint density at radius 3 is 2.51 bits per heavy atom. The second-order valence-electron chi connectivity index (χ2n) is 10.7. The van der Waals surface area contributed by atoms with Gasteiger partial charge in [-0.25, -0.2) is 9.97 Å². The number of nitrogens with zero attached hydrogens (tertiary/aromatic N) is 6. The number of imidazole rings is 1. The van der Waals surface area contributed by atoms with Crippen LogP contribution < -0.4 is 30.2 Å². The van der Waals surface area contributed by atoms with Gasteiger partial charge in [0, 0.05) is 50.3 Å². The number of aromatic nitrogens is 4. The number of primary amides is 1. The van der Waals surface area contributed by atoms with Gasteiger partial charge in [-0.15, -0.1) is 0 Å².